The highest BCUT2D eigenvalue weighted by Gasteiger charge is 2.32. The molecule has 2 aromatic heterocycles. The van der Waals surface area contributed by atoms with E-state index >= 15 is 0 Å². The van der Waals surface area contributed by atoms with Crippen LogP contribution in [0.25, 0.3) is 5.69 Å². The van der Waals surface area contributed by atoms with Gasteiger partial charge in [0, 0.05) is 51.7 Å². The van der Waals surface area contributed by atoms with Crippen LogP contribution in [0.5, 0.6) is 0 Å². The van der Waals surface area contributed by atoms with Gasteiger partial charge in [0.2, 0.25) is 5.95 Å². The second-order valence-corrected chi connectivity index (χ2v) is 6.65. The van der Waals surface area contributed by atoms with E-state index in [1.807, 2.05) is 48.5 Å². The molecule has 0 saturated carbocycles. The first kappa shape index (κ1) is 25.4. The van der Waals surface area contributed by atoms with Gasteiger partial charge in [-0.15, -0.1) is 24.0 Å². The minimum atomic E-state index is -4.50. The number of nitrogens with one attached hydrogen (secondary N) is 2. The topological polar surface area (TPSA) is 83.3 Å². The number of hydrogen-bond donors (Lipinski definition) is 2. The van der Waals surface area contributed by atoms with Crippen LogP contribution in [0.15, 0.2) is 60.0 Å². The largest absolute Gasteiger partial charge is 0.433 e. The van der Waals surface area contributed by atoms with Gasteiger partial charge in [-0.1, -0.05) is 18.2 Å². The van der Waals surface area contributed by atoms with Crippen molar-refractivity contribution in [1.29, 1.82) is 0 Å². The van der Waals surface area contributed by atoms with Crippen molar-refractivity contribution < 1.29 is 13.2 Å². The van der Waals surface area contributed by atoms with Gasteiger partial charge in [-0.25, -0.2) is 14.6 Å². The normalized spacial score (nSPS) is 11.6. The van der Waals surface area contributed by atoms with Crippen molar-refractivity contribution in [1.82, 2.24) is 30.0 Å². The molecule has 0 aliphatic rings. The summed E-state index contributed by atoms with van der Waals surface area (Å²) in [6.45, 7) is 1.32. The number of hydrogen-bond acceptors (Lipinski definition) is 5. The average molecular weight is 560 g/mol. The Morgan fingerprint density at radius 3 is 2.59 bits per heavy atom. The van der Waals surface area contributed by atoms with Gasteiger partial charge in [-0.05, 0) is 18.2 Å². The fourth-order valence-electron chi connectivity index (χ4n) is 2.85. The number of aromatic nitrogens is 4. The van der Waals surface area contributed by atoms with Crippen LogP contribution in [0.3, 0.4) is 0 Å². The lowest BCUT2D eigenvalue weighted by Gasteiger charge is -2.21. The Balaban J connectivity index is 0.00000363. The molecule has 0 bridgehead atoms. The predicted octanol–water partition coefficient (Wildman–Crippen LogP) is 3.42. The van der Waals surface area contributed by atoms with E-state index < -0.39 is 11.9 Å². The molecule has 2 N–H and O–H groups in total. The Hall–Kier alpha value is -2.90. The van der Waals surface area contributed by atoms with E-state index in [2.05, 4.69) is 30.7 Å². The second kappa shape index (κ2) is 11.6. The van der Waals surface area contributed by atoms with E-state index in [1.54, 1.807) is 17.9 Å². The minimum absolute atomic E-state index is 0. The zero-order chi connectivity index (χ0) is 22.3. The van der Waals surface area contributed by atoms with E-state index in [1.165, 1.54) is 0 Å². The molecule has 0 atom stereocenters. The maximum absolute atomic E-state index is 12.7. The summed E-state index contributed by atoms with van der Waals surface area (Å²) in [5, 5.41) is 10.3. The first-order chi connectivity index (χ1) is 14.9. The lowest BCUT2D eigenvalue weighted by Crippen LogP contribution is -2.40. The lowest BCUT2D eigenvalue weighted by atomic mass is 10.3. The van der Waals surface area contributed by atoms with Crippen LogP contribution in [-0.2, 0) is 12.7 Å². The molecular formula is C20H24F3IN8. The van der Waals surface area contributed by atoms with Gasteiger partial charge < -0.3 is 15.5 Å². The number of anilines is 1. The number of alkyl halides is 3. The van der Waals surface area contributed by atoms with Crippen LogP contribution in [-0.4, -0.2) is 57.8 Å². The number of aliphatic imine (C=N–C) groups is 1. The Morgan fingerprint density at radius 2 is 1.91 bits per heavy atom. The van der Waals surface area contributed by atoms with Gasteiger partial charge >= 0.3 is 6.18 Å². The molecule has 0 amide bonds. The van der Waals surface area contributed by atoms with Gasteiger partial charge in [0.1, 0.15) is 5.69 Å². The van der Waals surface area contributed by atoms with Gasteiger partial charge in [0.25, 0.3) is 0 Å². The average Bonchev–Trinajstić information content (AvgIpc) is 3.22. The molecule has 8 nitrogen and oxygen atoms in total. The van der Waals surface area contributed by atoms with E-state index in [-0.39, 0.29) is 29.9 Å². The smallest absolute Gasteiger partial charge is 0.354 e. The van der Waals surface area contributed by atoms with Crippen LogP contribution in [0.4, 0.5) is 19.1 Å². The summed E-state index contributed by atoms with van der Waals surface area (Å²) >= 11 is 0. The minimum Gasteiger partial charge on any atom is -0.354 e. The standard InChI is InChI=1S/C20H23F3N8.HI/c1-24-19(27-11-10-26-18-25-9-8-17(29-18)20(21,22)23)30(2)13-15-12-28-31(14-15)16-6-4-3-5-7-16;/h3-9,12,14H,10-11,13H2,1-2H3,(H,24,27)(H,25,26,29);1H. The van der Waals surface area contributed by atoms with Crippen LogP contribution in [0, 0.1) is 0 Å². The summed E-state index contributed by atoms with van der Waals surface area (Å²) in [6.07, 6.45) is 0.319. The molecule has 12 heteroatoms. The van der Waals surface area contributed by atoms with Crippen LogP contribution >= 0.6 is 24.0 Å². The highest BCUT2D eigenvalue weighted by atomic mass is 127. The summed E-state index contributed by atoms with van der Waals surface area (Å²) in [6, 6.07) is 10.6. The number of rotatable bonds is 7. The lowest BCUT2D eigenvalue weighted by molar-refractivity contribution is -0.141. The van der Waals surface area contributed by atoms with Crippen molar-refractivity contribution in [2.45, 2.75) is 12.7 Å². The third-order valence-corrected chi connectivity index (χ3v) is 4.29. The summed E-state index contributed by atoms with van der Waals surface area (Å²) in [5.41, 5.74) is 0.996. The maximum atomic E-state index is 12.7. The second-order valence-electron chi connectivity index (χ2n) is 6.65. The van der Waals surface area contributed by atoms with Gasteiger partial charge in [0.15, 0.2) is 5.96 Å². The quantitative estimate of drug-likeness (QED) is 0.200. The Kier molecular flexibility index (Phi) is 9.23. The van der Waals surface area contributed by atoms with Gasteiger partial charge in [0.05, 0.1) is 11.9 Å². The summed E-state index contributed by atoms with van der Waals surface area (Å²) in [4.78, 5) is 13.4. The molecule has 3 rings (SSSR count). The molecule has 0 radical (unpaired) electrons. The van der Waals surface area contributed by atoms with Gasteiger partial charge in [-0.2, -0.15) is 18.3 Å². The van der Waals surface area contributed by atoms with Crippen molar-refractivity contribution in [2.75, 3.05) is 32.5 Å². The van der Waals surface area contributed by atoms with Gasteiger partial charge in [-0.3, -0.25) is 4.99 Å². The first-order valence-electron chi connectivity index (χ1n) is 9.51. The third kappa shape index (κ3) is 7.07. The van der Waals surface area contributed by atoms with Crippen molar-refractivity contribution in [3.63, 3.8) is 0 Å². The summed E-state index contributed by atoms with van der Waals surface area (Å²) in [5.74, 6) is 0.563. The third-order valence-electron chi connectivity index (χ3n) is 4.29. The van der Waals surface area contributed by atoms with E-state index in [9.17, 15) is 13.2 Å². The fourth-order valence-corrected chi connectivity index (χ4v) is 2.85. The molecule has 0 spiro atoms. The molecule has 0 fully saturated rings. The molecule has 0 aliphatic carbocycles. The van der Waals surface area contributed by atoms with Crippen molar-refractivity contribution in [3.05, 3.63) is 66.2 Å². The molecule has 172 valence electrons. The Morgan fingerprint density at radius 1 is 1.16 bits per heavy atom. The number of nitrogens with zero attached hydrogens (tertiary/aromatic N) is 6. The summed E-state index contributed by atoms with van der Waals surface area (Å²) < 4.78 is 40.0. The van der Waals surface area contributed by atoms with Crippen molar-refractivity contribution >= 4 is 35.9 Å². The molecule has 0 unspecified atom stereocenters. The van der Waals surface area contributed by atoms with Crippen molar-refractivity contribution in [2.24, 2.45) is 4.99 Å². The Labute approximate surface area is 201 Å². The van der Waals surface area contributed by atoms with Crippen LogP contribution in [0.2, 0.25) is 0 Å². The van der Waals surface area contributed by atoms with Crippen LogP contribution in [0.1, 0.15) is 11.3 Å². The molecular weight excluding hydrogens is 536 g/mol. The maximum Gasteiger partial charge on any atom is 0.433 e. The highest BCUT2D eigenvalue weighted by Crippen LogP contribution is 2.27. The zero-order valence-corrected chi connectivity index (χ0v) is 19.9. The molecule has 0 saturated heterocycles. The summed E-state index contributed by atoms with van der Waals surface area (Å²) in [7, 11) is 3.55. The molecule has 3 aromatic rings. The number of benzene rings is 1. The SMILES string of the molecule is CN=C(NCCNc1nccc(C(F)(F)F)n1)N(C)Cc1cnn(-c2ccccc2)c1.I. The van der Waals surface area contributed by atoms with E-state index in [4.69, 9.17) is 0 Å². The molecule has 2 heterocycles. The number of guanidine groups is 1. The first-order valence-corrected chi connectivity index (χ1v) is 9.51. The highest BCUT2D eigenvalue weighted by molar-refractivity contribution is 14.0. The monoisotopic (exact) mass is 560 g/mol. The van der Waals surface area contributed by atoms with E-state index in [0.717, 1.165) is 23.5 Å². The molecule has 32 heavy (non-hydrogen) atoms. The van der Waals surface area contributed by atoms with Crippen LogP contribution < -0.4 is 10.6 Å². The van der Waals surface area contributed by atoms with E-state index in [0.29, 0.717) is 25.6 Å². The molecule has 1 aromatic carbocycles. The number of para-hydroxylation sites is 1. The Bertz CT molecular complexity index is 1010. The number of halogens is 4. The molecule has 0 aliphatic heterocycles. The predicted molar refractivity (Wildman–Crippen MR) is 127 cm³/mol. The fraction of sp³-hybridized carbons (Fsp3) is 0.300. The zero-order valence-electron chi connectivity index (χ0n) is 17.5. The van der Waals surface area contributed by atoms with Crippen molar-refractivity contribution in [3.8, 4) is 5.69 Å².